The van der Waals surface area contributed by atoms with Gasteiger partial charge in [-0.3, -0.25) is 4.79 Å². The van der Waals surface area contributed by atoms with Gasteiger partial charge in [0.25, 0.3) is 5.91 Å². The molecule has 5 heteroatoms. The van der Waals surface area contributed by atoms with E-state index in [9.17, 15) is 9.18 Å². The molecule has 2 aromatic rings. The van der Waals surface area contributed by atoms with Crippen molar-refractivity contribution in [3.63, 3.8) is 0 Å². The molecule has 0 saturated heterocycles. The Bertz CT molecular complexity index is 592. The lowest BCUT2D eigenvalue weighted by Gasteiger charge is -2.18. The highest BCUT2D eigenvalue weighted by molar-refractivity contribution is 5.92. The minimum absolute atomic E-state index is 0.0756. The van der Waals surface area contributed by atoms with Crippen LogP contribution in [-0.4, -0.2) is 28.9 Å². The van der Waals surface area contributed by atoms with E-state index in [1.165, 1.54) is 12.1 Å². The number of amides is 1. The van der Waals surface area contributed by atoms with Gasteiger partial charge in [0.05, 0.1) is 11.9 Å². The Morgan fingerprint density at radius 1 is 1.10 bits per heavy atom. The summed E-state index contributed by atoms with van der Waals surface area (Å²) in [5.74, 6) is -0.354. The minimum Gasteiger partial charge on any atom is -0.354 e. The predicted octanol–water partition coefficient (Wildman–Crippen LogP) is 3.45. The molecule has 0 aliphatic carbocycles. The van der Waals surface area contributed by atoms with Gasteiger partial charge in [-0.1, -0.05) is 0 Å². The van der Waals surface area contributed by atoms with Crippen molar-refractivity contribution in [1.82, 2.24) is 9.88 Å². The summed E-state index contributed by atoms with van der Waals surface area (Å²) in [5.41, 5.74) is 1.93. The second kappa shape index (κ2) is 6.83. The fourth-order valence-corrected chi connectivity index (χ4v) is 1.97. The van der Waals surface area contributed by atoms with Crippen molar-refractivity contribution < 1.29 is 9.18 Å². The second-order valence-electron chi connectivity index (χ2n) is 4.54. The fraction of sp³-hybridized carbons (Fsp3) is 0.250. The lowest BCUT2D eigenvalue weighted by molar-refractivity contribution is 0.0767. The quantitative estimate of drug-likeness (QED) is 0.916. The molecule has 0 spiro atoms. The van der Waals surface area contributed by atoms with E-state index in [1.807, 2.05) is 13.8 Å². The largest absolute Gasteiger partial charge is 0.354 e. The van der Waals surface area contributed by atoms with Crippen LogP contribution in [0.2, 0.25) is 0 Å². The van der Waals surface area contributed by atoms with Gasteiger partial charge in [0, 0.05) is 18.8 Å². The molecule has 0 fully saturated rings. The Hall–Kier alpha value is -2.43. The Labute approximate surface area is 123 Å². The summed E-state index contributed by atoms with van der Waals surface area (Å²) in [6.45, 7) is 5.19. The number of pyridine rings is 1. The van der Waals surface area contributed by atoms with Gasteiger partial charge in [-0.15, -0.1) is 0 Å². The van der Waals surface area contributed by atoms with Gasteiger partial charge in [0.1, 0.15) is 11.5 Å². The SMILES string of the molecule is CCN(CC)C(=O)c1ccc(Nc2ccc(F)cc2)cn1. The third-order valence-electron chi connectivity index (χ3n) is 3.17. The zero-order chi connectivity index (χ0) is 15.2. The molecule has 0 saturated carbocycles. The van der Waals surface area contributed by atoms with Crippen LogP contribution in [-0.2, 0) is 0 Å². The zero-order valence-corrected chi connectivity index (χ0v) is 12.1. The highest BCUT2D eigenvalue weighted by Crippen LogP contribution is 2.16. The molecule has 4 nitrogen and oxygen atoms in total. The van der Waals surface area contributed by atoms with Gasteiger partial charge < -0.3 is 10.2 Å². The van der Waals surface area contributed by atoms with Crippen molar-refractivity contribution in [3.05, 3.63) is 54.1 Å². The Morgan fingerprint density at radius 2 is 1.71 bits per heavy atom. The summed E-state index contributed by atoms with van der Waals surface area (Å²) in [6.07, 6.45) is 1.60. The van der Waals surface area contributed by atoms with Gasteiger partial charge in [0.2, 0.25) is 0 Å². The molecule has 110 valence electrons. The first-order valence-corrected chi connectivity index (χ1v) is 6.92. The Kier molecular flexibility index (Phi) is 4.87. The van der Waals surface area contributed by atoms with Crippen LogP contribution >= 0.6 is 0 Å². The standard InChI is InChI=1S/C16H18FN3O/c1-3-20(4-2)16(21)15-10-9-14(11-18-15)19-13-7-5-12(17)6-8-13/h5-11,19H,3-4H2,1-2H3. The number of rotatable bonds is 5. The third-order valence-corrected chi connectivity index (χ3v) is 3.17. The predicted molar refractivity (Wildman–Crippen MR) is 81.2 cm³/mol. The van der Waals surface area contributed by atoms with Crippen molar-refractivity contribution in [1.29, 1.82) is 0 Å². The lowest BCUT2D eigenvalue weighted by atomic mass is 10.2. The molecule has 0 aliphatic rings. The summed E-state index contributed by atoms with van der Waals surface area (Å²) in [7, 11) is 0. The van der Waals surface area contributed by atoms with Gasteiger partial charge in [-0.05, 0) is 50.2 Å². The van der Waals surface area contributed by atoms with Crippen LogP contribution in [0.1, 0.15) is 24.3 Å². The second-order valence-corrected chi connectivity index (χ2v) is 4.54. The van der Waals surface area contributed by atoms with E-state index < -0.39 is 0 Å². The summed E-state index contributed by atoms with van der Waals surface area (Å²) in [4.78, 5) is 18.0. The Balaban J connectivity index is 2.08. The summed E-state index contributed by atoms with van der Waals surface area (Å²) < 4.78 is 12.8. The van der Waals surface area contributed by atoms with Gasteiger partial charge in [0.15, 0.2) is 0 Å². The highest BCUT2D eigenvalue weighted by Gasteiger charge is 2.13. The van der Waals surface area contributed by atoms with E-state index in [-0.39, 0.29) is 11.7 Å². The topological polar surface area (TPSA) is 45.2 Å². The number of anilines is 2. The molecule has 2 rings (SSSR count). The number of hydrogen-bond acceptors (Lipinski definition) is 3. The van der Waals surface area contributed by atoms with E-state index in [1.54, 1.807) is 35.4 Å². The molecular formula is C16H18FN3O. The smallest absolute Gasteiger partial charge is 0.272 e. The number of carbonyl (C=O) groups is 1. The highest BCUT2D eigenvalue weighted by atomic mass is 19.1. The maximum Gasteiger partial charge on any atom is 0.272 e. The van der Waals surface area contributed by atoms with E-state index in [4.69, 9.17) is 0 Å². The molecule has 0 unspecified atom stereocenters. The summed E-state index contributed by atoms with van der Waals surface area (Å²) >= 11 is 0. The van der Waals surface area contributed by atoms with Crippen LogP contribution in [0, 0.1) is 5.82 Å². The number of nitrogens with zero attached hydrogens (tertiary/aromatic N) is 2. The van der Waals surface area contributed by atoms with Crippen molar-refractivity contribution >= 4 is 17.3 Å². The minimum atomic E-state index is -0.279. The van der Waals surface area contributed by atoms with Crippen molar-refractivity contribution in [2.45, 2.75) is 13.8 Å². The number of hydrogen-bond donors (Lipinski definition) is 1. The first kappa shape index (κ1) is 15.0. The summed E-state index contributed by atoms with van der Waals surface area (Å²) in [5, 5.41) is 3.10. The molecule has 1 aromatic heterocycles. The number of carbonyl (C=O) groups excluding carboxylic acids is 1. The fourth-order valence-electron chi connectivity index (χ4n) is 1.97. The van der Waals surface area contributed by atoms with Gasteiger partial charge in [-0.2, -0.15) is 0 Å². The first-order valence-electron chi connectivity index (χ1n) is 6.92. The molecule has 0 atom stereocenters. The number of halogens is 1. The maximum atomic E-state index is 12.8. The lowest BCUT2D eigenvalue weighted by Crippen LogP contribution is -2.31. The number of benzene rings is 1. The molecule has 1 amide bonds. The number of nitrogens with one attached hydrogen (secondary N) is 1. The molecule has 21 heavy (non-hydrogen) atoms. The molecule has 0 aliphatic heterocycles. The van der Waals surface area contributed by atoms with Crippen LogP contribution in [0.3, 0.4) is 0 Å². The van der Waals surface area contributed by atoms with Crippen LogP contribution in [0.25, 0.3) is 0 Å². The first-order chi connectivity index (χ1) is 10.1. The Morgan fingerprint density at radius 3 is 2.24 bits per heavy atom. The van der Waals surface area contributed by atoms with E-state index in [0.29, 0.717) is 18.8 Å². The molecular weight excluding hydrogens is 269 g/mol. The number of aromatic nitrogens is 1. The van der Waals surface area contributed by atoms with Crippen molar-refractivity contribution in [3.8, 4) is 0 Å². The van der Waals surface area contributed by atoms with Crippen molar-refractivity contribution in [2.75, 3.05) is 18.4 Å². The van der Waals surface area contributed by atoms with Crippen LogP contribution in [0.5, 0.6) is 0 Å². The van der Waals surface area contributed by atoms with Crippen LogP contribution in [0.15, 0.2) is 42.6 Å². The van der Waals surface area contributed by atoms with Crippen LogP contribution in [0.4, 0.5) is 15.8 Å². The molecule has 0 radical (unpaired) electrons. The average Bonchev–Trinajstić information content (AvgIpc) is 2.51. The van der Waals surface area contributed by atoms with E-state index in [0.717, 1.165) is 11.4 Å². The molecule has 1 heterocycles. The van der Waals surface area contributed by atoms with Gasteiger partial charge >= 0.3 is 0 Å². The summed E-state index contributed by atoms with van der Waals surface area (Å²) in [6, 6.07) is 9.52. The molecule has 0 bridgehead atoms. The molecule has 1 N–H and O–H groups in total. The van der Waals surface area contributed by atoms with Crippen molar-refractivity contribution in [2.24, 2.45) is 0 Å². The van der Waals surface area contributed by atoms with Gasteiger partial charge in [-0.25, -0.2) is 9.37 Å². The van der Waals surface area contributed by atoms with E-state index in [2.05, 4.69) is 10.3 Å². The van der Waals surface area contributed by atoms with Crippen LogP contribution < -0.4 is 5.32 Å². The maximum absolute atomic E-state index is 12.8. The normalized spacial score (nSPS) is 10.2. The monoisotopic (exact) mass is 287 g/mol. The van der Waals surface area contributed by atoms with E-state index >= 15 is 0 Å². The average molecular weight is 287 g/mol. The zero-order valence-electron chi connectivity index (χ0n) is 12.1. The molecule has 1 aromatic carbocycles. The third kappa shape index (κ3) is 3.78.